The summed E-state index contributed by atoms with van der Waals surface area (Å²) >= 11 is 0. The average Bonchev–Trinajstić information content (AvgIpc) is 2.89. The van der Waals surface area contributed by atoms with Gasteiger partial charge in [0.15, 0.2) is 12.1 Å². The number of benzene rings is 2. The highest BCUT2D eigenvalue weighted by molar-refractivity contribution is 6.10. The summed E-state index contributed by atoms with van der Waals surface area (Å²) in [5.74, 6) is -2.09. The van der Waals surface area contributed by atoms with Crippen LogP contribution in [0, 0.1) is 0 Å². The van der Waals surface area contributed by atoms with Gasteiger partial charge in [0.1, 0.15) is 65.2 Å². The summed E-state index contributed by atoms with van der Waals surface area (Å²) in [4.78, 5) is 12.9. The summed E-state index contributed by atoms with van der Waals surface area (Å²) in [5.41, 5.74) is 0.220. The van der Waals surface area contributed by atoms with Gasteiger partial charge in [-0.05, 0) is 30.7 Å². The molecule has 2 saturated heterocycles. The van der Waals surface area contributed by atoms with Crippen molar-refractivity contribution in [3.8, 4) is 23.0 Å². The van der Waals surface area contributed by atoms with Crippen LogP contribution in [0.2, 0.25) is 0 Å². The van der Waals surface area contributed by atoms with Crippen LogP contribution in [0.1, 0.15) is 22.8 Å². The molecule has 2 aromatic carbocycles. The molecule has 13 nitrogen and oxygen atoms in total. The third kappa shape index (κ3) is 6.32. The number of carbonyl (C=O) groups is 1. The third-order valence-electron chi connectivity index (χ3n) is 6.43. The summed E-state index contributed by atoms with van der Waals surface area (Å²) in [6.07, 6.45) is -10.6. The molecule has 0 spiro atoms. The van der Waals surface area contributed by atoms with E-state index in [0.717, 1.165) is 18.2 Å². The lowest BCUT2D eigenvalue weighted by Gasteiger charge is -2.43. The molecule has 0 aliphatic carbocycles. The molecule has 2 aliphatic rings. The molecule has 0 aromatic heterocycles. The van der Waals surface area contributed by atoms with Crippen molar-refractivity contribution in [1.29, 1.82) is 0 Å². The number of ketones is 1. The molecule has 8 N–H and O–H groups in total. The molecule has 2 fully saturated rings. The van der Waals surface area contributed by atoms with Gasteiger partial charge in [0, 0.05) is 12.1 Å². The number of aliphatic hydroxyl groups excluding tert-OH is 5. The van der Waals surface area contributed by atoms with E-state index in [2.05, 4.69) is 0 Å². The van der Waals surface area contributed by atoms with Crippen LogP contribution < -0.4 is 4.74 Å². The molecular formula is C26H30O13. The zero-order valence-electron chi connectivity index (χ0n) is 20.6. The van der Waals surface area contributed by atoms with Gasteiger partial charge in [0.25, 0.3) is 0 Å². The summed E-state index contributed by atoms with van der Waals surface area (Å²) in [7, 11) is 0. The number of aliphatic hydroxyl groups is 5. The van der Waals surface area contributed by atoms with E-state index < -0.39 is 79.2 Å². The van der Waals surface area contributed by atoms with E-state index >= 15 is 0 Å². The molecule has 212 valence electrons. The van der Waals surface area contributed by atoms with Crippen LogP contribution in [-0.4, -0.2) is 109 Å². The zero-order chi connectivity index (χ0) is 28.4. The molecule has 2 aliphatic heterocycles. The largest absolute Gasteiger partial charge is 0.508 e. The third-order valence-corrected chi connectivity index (χ3v) is 6.43. The molecule has 39 heavy (non-hydrogen) atoms. The zero-order valence-corrected chi connectivity index (χ0v) is 20.6. The minimum absolute atomic E-state index is 0.0413. The number of aromatic hydroxyl groups is 3. The van der Waals surface area contributed by atoms with Crippen LogP contribution in [0.25, 0.3) is 6.08 Å². The summed E-state index contributed by atoms with van der Waals surface area (Å²) in [6, 6.07) is 7.90. The first-order valence-electron chi connectivity index (χ1n) is 12.0. The highest BCUT2D eigenvalue weighted by Gasteiger charge is 2.47. The van der Waals surface area contributed by atoms with Crippen molar-refractivity contribution >= 4 is 11.9 Å². The standard InChI is InChI=1S/C26H30O13/c1-11-20(31)22(33)24(35)26(37-11)39-18-10-36-25(23(34)21(18)32)38-17-9-14(28)8-16(30)19(17)15(29)7-4-12-2-5-13(27)6-3-12/h2-9,11,18,20-28,30-35H,10H2,1H3. The summed E-state index contributed by atoms with van der Waals surface area (Å²) in [5, 5.41) is 80.9. The Labute approximate surface area is 222 Å². The van der Waals surface area contributed by atoms with Gasteiger partial charge in [-0.25, -0.2) is 0 Å². The second-order valence-electron chi connectivity index (χ2n) is 9.28. The molecule has 2 aromatic rings. The van der Waals surface area contributed by atoms with E-state index in [1.54, 1.807) is 12.1 Å². The fourth-order valence-corrected chi connectivity index (χ4v) is 4.18. The van der Waals surface area contributed by atoms with E-state index in [1.807, 2.05) is 0 Å². The van der Waals surface area contributed by atoms with Gasteiger partial charge in [0.2, 0.25) is 6.29 Å². The molecule has 9 unspecified atom stereocenters. The van der Waals surface area contributed by atoms with E-state index in [1.165, 1.54) is 25.1 Å². The van der Waals surface area contributed by atoms with E-state index in [9.17, 15) is 45.6 Å². The number of phenolic OH excluding ortho intramolecular Hbond substituents is 3. The normalized spacial score (nSPS) is 33.2. The Morgan fingerprint density at radius 1 is 0.872 bits per heavy atom. The molecule has 4 rings (SSSR count). The molecule has 0 bridgehead atoms. The first kappa shape index (κ1) is 28.7. The quantitative estimate of drug-likeness (QED) is 0.159. The Hall–Kier alpha value is -3.27. The SMILES string of the molecule is CC1OC(OC2COC(Oc3cc(O)cc(O)c3C(=O)C=Cc3ccc(O)cc3)C(O)C2O)C(O)C(O)C1O. The molecule has 0 amide bonds. The maximum atomic E-state index is 12.9. The van der Waals surface area contributed by atoms with Gasteiger partial charge in [-0.3, -0.25) is 4.79 Å². The van der Waals surface area contributed by atoms with Crippen molar-refractivity contribution in [2.24, 2.45) is 0 Å². The predicted molar refractivity (Wildman–Crippen MR) is 131 cm³/mol. The van der Waals surface area contributed by atoms with Crippen LogP contribution in [0.5, 0.6) is 23.0 Å². The highest BCUT2D eigenvalue weighted by atomic mass is 16.7. The number of carbonyl (C=O) groups excluding carboxylic acids is 1. The number of rotatable bonds is 7. The average molecular weight is 551 g/mol. The maximum absolute atomic E-state index is 12.9. The number of phenols is 3. The minimum Gasteiger partial charge on any atom is -0.508 e. The van der Waals surface area contributed by atoms with Crippen LogP contribution in [-0.2, 0) is 14.2 Å². The molecule has 0 radical (unpaired) electrons. The van der Waals surface area contributed by atoms with Crippen LogP contribution in [0.15, 0.2) is 42.5 Å². The van der Waals surface area contributed by atoms with E-state index in [4.69, 9.17) is 18.9 Å². The second kappa shape index (κ2) is 11.9. The topological polar surface area (TPSA) is 216 Å². The second-order valence-corrected chi connectivity index (χ2v) is 9.28. The van der Waals surface area contributed by atoms with Crippen molar-refractivity contribution in [2.45, 2.75) is 62.2 Å². The first-order chi connectivity index (χ1) is 18.5. The Kier molecular flexibility index (Phi) is 8.73. The summed E-state index contributed by atoms with van der Waals surface area (Å²) in [6.45, 7) is 1.06. The molecule has 2 heterocycles. The Morgan fingerprint density at radius 2 is 1.54 bits per heavy atom. The van der Waals surface area contributed by atoms with Gasteiger partial charge < -0.3 is 59.8 Å². The predicted octanol–water partition coefficient (Wildman–Crippen LogP) is -0.631. The first-order valence-corrected chi connectivity index (χ1v) is 12.0. The molecule has 0 saturated carbocycles. The van der Waals surface area contributed by atoms with Gasteiger partial charge in [-0.2, -0.15) is 0 Å². The maximum Gasteiger partial charge on any atom is 0.228 e. The van der Waals surface area contributed by atoms with Crippen LogP contribution in [0.3, 0.4) is 0 Å². The van der Waals surface area contributed by atoms with E-state index in [0.29, 0.717) is 5.56 Å². The highest BCUT2D eigenvalue weighted by Crippen LogP contribution is 2.36. The number of hydrogen-bond acceptors (Lipinski definition) is 13. The molecule has 9 atom stereocenters. The van der Waals surface area contributed by atoms with Crippen molar-refractivity contribution in [3.63, 3.8) is 0 Å². The van der Waals surface area contributed by atoms with Gasteiger partial charge in [0.05, 0.1) is 12.7 Å². The van der Waals surface area contributed by atoms with Gasteiger partial charge >= 0.3 is 0 Å². The van der Waals surface area contributed by atoms with E-state index in [-0.39, 0.29) is 17.1 Å². The lowest BCUT2D eigenvalue weighted by molar-refractivity contribution is -0.333. The van der Waals surface area contributed by atoms with Crippen molar-refractivity contribution in [3.05, 3.63) is 53.6 Å². The van der Waals surface area contributed by atoms with Crippen molar-refractivity contribution in [1.82, 2.24) is 0 Å². The monoisotopic (exact) mass is 550 g/mol. The minimum atomic E-state index is -1.77. The van der Waals surface area contributed by atoms with Gasteiger partial charge in [-0.1, -0.05) is 18.2 Å². The Morgan fingerprint density at radius 3 is 2.23 bits per heavy atom. The number of hydrogen-bond donors (Lipinski definition) is 8. The summed E-state index contributed by atoms with van der Waals surface area (Å²) < 4.78 is 21.9. The lowest BCUT2D eigenvalue weighted by atomic mass is 9.99. The Bertz CT molecular complexity index is 1180. The Balaban J connectivity index is 1.47. The smallest absolute Gasteiger partial charge is 0.228 e. The fraction of sp³-hybridized carbons (Fsp3) is 0.423. The molecular weight excluding hydrogens is 520 g/mol. The van der Waals surface area contributed by atoms with Crippen molar-refractivity contribution in [2.75, 3.05) is 6.61 Å². The van der Waals surface area contributed by atoms with Gasteiger partial charge in [-0.15, -0.1) is 0 Å². The van der Waals surface area contributed by atoms with Crippen molar-refractivity contribution < 1.29 is 64.6 Å². The van der Waals surface area contributed by atoms with Crippen LogP contribution >= 0.6 is 0 Å². The number of ether oxygens (including phenoxy) is 4. The van der Waals surface area contributed by atoms with Crippen LogP contribution in [0.4, 0.5) is 0 Å². The number of allylic oxidation sites excluding steroid dienone is 1. The molecule has 13 heteroatoms. The lowest BCUT2D eigenvalue weighted by Crippen LogP contribution is -2.61. The fourth-order valence-electron chi connectivity index (χ4n) is 4.18.